The molecule has 1 atom stereocenters. The van der Waals surface area contributed by atoms with E-state index in [0.717, 1.165) is 52.4 Å². The molecular weight excluding hydrogens is 348 g/mol. The monoisotopic (exact) mass is 382 g/mol. The SMILES string of the molecule is CCCCC(c1ccc(CN2CCOCC2)cc1)c1cc2n(n1)CCCCN2. The normalized spacial score (nSPS) is 18.9. The van der Waals surface area contributed by atoms with Crippen LogP contribution in [0.3, 0.4) is 0 Å². The Kier molecular flexibility index (Phi) is 6.65. The van der Waals surface area contributed by atoms with E-state index >= 15 is 0 Å². The maximum atomic E-state index is 5.46. The summed E-state index contributed by atoms with van der Waals surface area (Å²) in [7, 11) is 0. The molecule has 28 heavy (non-hydrogen) atoms. The molecule has 3 heterocycles. The second-order valence-electron chi connectivity index (χ2n) is 8.14. The highest BCUT2D eigenvalue weighted by Gasteiger charge is 2.20. The molecule has 0 aliphatic carbocycles. The van der Waals surface area contributed by atoms with Crippen LogP contribution in [0.2, 0.25) is 0 Å². The molecule has 1 N–H and O–H groups in total. The summed E-state index contributed by atoms with van der Waals surface area (Å²) < 4.78 is 7.64. The fourth-order valence-corrected chi connectivity index (χ4v) is 4.29. The smallest absolute Gasteiger partial charge is 0.124 e. The zero-order valence-electron chi connectivity index (χ0n) is 17.2. The lowest BCUT2D eigenvalue weighted by atomic mass is 9.90. The minimum Gasteiger partial charge on any atom is -0.379 e. The molecule has 1 unspecified atom stereocenters. The van der Waals surface area contributed by atoms with Crippen LogP contribution < -0.4 is 5.32 Å². The van der Waals surface area contributed by atoms with Crippen molar-refractivity contribution in [3.8, 4) is 0 Å². The average molecular weight is 383 g/mol. The van der Waals surface area contributed by atoms with E-state index in [0.29, 0.717) is 5.92 Å². The van der Waals surface area contributed by atoms with E-state index in [1.165, 1.54) is 48.3 Å². The molecule has 152 valence electrons. The first-order valence-corrected chi connectivity index (χ1v) is 11.0. The molecule has 5 heteroatoms. The van der Waals surface area contributed by atoms with E-state index in [2.05, 4.69) is 52.2 Å². The maximum Gasteiger partial charge on any atom is 0.124 e. The van der Waals surface area contributed by atoms with Crippen LogP contribution in [-0.4, -0.2) is 47.5 Å². The van der Waals surface area contributed by atoms with Crippen LogP contribution in [0.15, 0.2) is 30.3 Å². The van der Waals surface area contributed by atoms with Gasteiger partial charge in [-0.2, -0.15) is 5.10 Å². The molecular formula is C23H34N4O. The van der Waals surface area contributed by atoms with Gasteiger partial charge in [0.15, 0.2) is 0 Å². The highest BCUT2D eigenvalue weighted by Crippen LogP contribution is 2.31. The molecule has 0 spiro atoms. The predicted molar refractivity (Wildman–Crippen MR) is 114 cm³/mol. The molecule has 2 aliphatic rings. The van der Waals surface area contributed by atoms with E-state index in [9.17, 15) is 0 Å². The molecule has 1 fully saturated rings. The lowest BCUT2D eigenvalue weighted by molar-refractivity contribution is 0.0342. The fourth-order valence-electron chi connectivity index (χ4n) is 4.29. The molecule has 0 saturated carbocycles. The number of ether oxygens (including phenoxy) is 1. The van der Waals surface area contributed by atoms with E-state index < -0.39 is 0 Å². The second kappa shape index (κ2) is 9.57. The van der Waals surface area contributed by atoms with Gasteiger partial charge in [0.2, 0.25) is 0 Å². The number of aryl methyl sites for hydroxylation is 1. The third kappa shape index (κ3) is 4.76. The van der Waals surface area contributed by atoms with Crippen LogP contribution in [0.4, 0.5) is 5.82 Å². The first kappa shape index (κ1) is 19.5. The number of fused-ring (bicyclic) bond motifs is 1. The lowest BCUT2D eigenvalue weighted by Crippen LogP contribution is -2.35. The van der Waals surface area contributed by atoms with Crippen LogP contribution in [0, 0.1) is 0 Å². The van der Waals surface area contributed by atoms with Gasteiger partial charge in [0.1, 0.15) is 5.82 Å². The van der Waals surface area contributed by atoms with E-state index in [1.54, 1.807) is 0 Å². The molecule has 1 saturated heterocycles. The first-order chi connectivity index (χ1) is 13.8. The number of benzene rings is 1. The van der Waals surface area contributed by atoms with E-state index in [-0.39, 0.29) is 0 Å². The molecule has 1 aromatic carbocycles. The number of nitrogens with one attached hydrogen (secondary N) is 1. The molecule has 0 bridgehead atoms. The van der Waals surface area contributed by atoms with Gasteiger partial charge in [-0.05, 0) is 30.4 Å². The number of rotatable bonds is 7. The van der Waals surface area contributed by atoms with Crippen molar-refractivity contribution in [2.24, 2.45) is 0 Å². The van der Waals surface area contributed by atoms with Gasteiger partial charge in [-0.25, -0.2) is 4.68 Å². The summed E-state index contributed by atoms with van der Waals surface area (Å²) in [5, 5.41) is 8.54. The molecule has 0 amide bonds. The summed E-state index contributed by atoms with van der Waals surface area (Å²) in [6.07, 6.45) is 6.04. The van der Waals surface area contributed by atoms with Crippen LogP contribution >= 0.6 is 0 Å². The van der Waals surface area contributed by atoms with Gasteiger partial charge >= 0.3 is 0 Å². The Hall–Kier alpha value is -1.85. The van der Waals surface area contributed by atoms with Crippen molar-refractivity contribution >= 4 is 5.82 Å². The van der Waals surface area contributed by atoms with Gasteiger partial charge in [-0.3, -0.25) is 4.90 Å². The Balaban J connectivity index is 1.50. The van der Waals surface area contributed by atoms with Crippen LogP contribution in [0.25, 0.3) is 0 Å². The summed E-state index contributed by atoms with van der Waals surface area (Å²) in [5.41, 5.74) is 4.01. The van der Waals surface area contributed by atoms with Crippen molar-refractivity contribution in [3.63, 3.8) is 0 Å². The number of nitrogens with zero attached hydrogens (tertiary/aromatic N) is 3. The van der Waals surface area contributed by atoms with Gasteiger partial charge in [-0.1, -0.05) is 44.0 Å². The first-order valence-electron chi connectivity index (χ1n) is 11.0. The Morgan fingerprint density at radius 2 is 1.93 bits per heavy atom. The van der Waals surface area contributed by atoms with Gasteiger partial charge in [0.25, 0.3) is 0 Å². The van der Waals surface area contributed by atoms with Crippen molar-refractivity contribution in [2.75, 3.05) is 38.2 Å². The summed E-state index contributed by atoms with van der Waals surface area (Å²) in [4.78, 5) is 2.48. The fraction of sp³-hybridized carbons (Fsp3) is 0.609. The molecule has 1 aromatic heterocycles. The van der Waals surface area contributed by atoms with Gasteiger partial charge in [-0.15, -0.1) is 0 Å². The highest BCUT2D eigenvalue weighted by atomic mass is 16.5. The third-order valence-electron chi connectivity index (χ3n) is 6.00. The molecule has 5 nitrogen and oxygen atoms in total. The minimum atomic E-state index is 0.388. The molecule has 2 aliphatic heterocycles. The summed E-state index contributed by atoms with van der Waals surface area (Å²) >= 11 is 0. The Morgan fingerprint density at radius 1 is 1.11 bits per heavy atom. The molecule has 4 rings (SSSR count). The summed E-state index contributed by atoms with van der Waals surface area (Å²) in [5.74, 6) is 1.58. The Labute approximate surface area is 169 Å². The Morgan fingerprint density at radius 3 is 2.71 bits per heavy atom. The number of unbranched alkanes of at least 4 members (excludes halogenated alkanes) is 1. The summed E-state index contributed by atoms with van der Waals surface area (Å²) in [6.45, 7) is 9.16. The topological polar surface area (TPSA) is 42.3 Å². The van der Waals surface area contributed by atoms with Gasteiger partial charge < -0.3 is 10.1 Å². The highest BCUT2D eigenvalue weighted by molar-refractivity contribution is 5.41. The zero-order chi connectivity index (χ0) is 19.2. The minimum absolute atomic E-state index is 0.388. The number of morpholine rings is 1. The third-order valence-corrected chi connectivity index (χ3v) is 6.00. The van der Waals surface area contributed by atoms with Crippen LogP contribution in [0.1, 0.15) is 61.8 Å². The largest absolute Gasteiger partial charge is 0.379 e. The van der Waals surface area contributed by atoms with Crippen molar-refractivity contribution < 1.29 is 4.74 Å². The maximum absolute atomic E-state index is 5.46. The van der Waals surface area contributed by atoms with Crippen molar-refractivity contribution in [3.05, 3.63) is 47.2 Å². The standard InChI is InChI=1S/C23H34N4O/c1-2-3-6-21(22-17-23-24-11-4-5-12-27(23)25-22)20-9-7-19(8-10-20)18-26-13-15-28-16-14-26/h7-10,17,21,24H,2-6,11-16,18H2,1H3. The number of hydrogen-bond acceptors (Lipinski definition) is 4. The molecule has 0 radical (unpaired) electrons. The van der Waals surface area contributed by atoms with E-state index in [1.807, 2.05) is 0 Å². The predicted octanol–water partition coefficient (Wildman–Crippen LogP) is 4.24. The van der Waals surface area contributed by atoms with Crippen molar-refractivity contribution in [2.45, 2.75) is 58.0 Å². The molecule has 2 aromatic rings. The second-order valence-corrected chi connectivity index (χ2v) is 8.14. The van der Waals surface area contributed by atoms with Gasteiger partial charge in [0, 0.05) is 44.7 Å². The Bertz CT molecular complexity index is 710. The van der Waals surface area contributed by atoms with Gasteiger partial charge in [0.05, 0.1) is 18.9 Å². The zero-order valence-corrected chi connectivity index (χ0v) is 17.2. The van der Waals surface area contributed by atoms with Crippen LogP contribution in [-0.2, 0) is 17.8 Å². The number of aromatic nitrogens is 2. The quantitative estimate of drug-likeness (QED) is 0.778. The number of anilines is 1. The number of hydrogen-bond donors (Lipinski definition) is 1. The lowest BCUT2D eigenvalue weighted by Gasteiger charge is -2.26. The van der Waals surface area contributed by atoms with Crippen molar-refractivity contribution in [1.82, 2.24) is 14.7 Å². The summed E-state index contributed by atoms with van der Waals surface area (Å²) in [6, 6.07) is 11.6. The van der Waals surface area contributed by atoms with Crippen LogP contribution in [0.5, 0.6) is 0 Å². The van der Waals surface area contributed by atoms with Crippen molar-refractivity contribution in [1.29, 1.82) is 0 Å². The average Bonchev–Trinajstić information content (AvgIpc) is 3.00. The van der Waals surface area contributed by atoms with E-state index in [4.69, 9.17) is 9.84 Å².